The van der Waals surface area contributed by atoms with Gasteiger partial charge in [-0.25, -0.2) is 14.4 Å². The van der Waals surface area contributed by atoms with Crippen LogP contribution in [0.15, 0.2) is 54.6 Å². The Kier molecular flexibility index (Phi) is 5.59. The van der Waals surface area contributed by atoms with Crippen molar-refractivity contribution in [3.05, 3.63) is 71.8 Å². The number of nitrogens with one attached hydrogen (secondary N) is 3. The predicted molar refractivity (Wildman–Crippen MR) is 105 cm³/mol. The lowest BCUT2D eigenvalue weighted by atomic mass is 10.2. The fourth-order valence-electron chi connectivity index (χ4n) is 2.47. The van der Waals surface area contributed by atoms with Crippen molar-refractivity contribution in [3.63, 3.8) is 0 Å². The Morgan fingerprint density at radius 1 is 0.893 bits per heavy atom. The summed E-state index contributed by atoms with van der Waals surface area (Å²) >= 11 is 0. The Labute approximate surface area is 161 Å². The number of aromatic nitrogens is 2. The van der Waals surface area contributed by atoms with E-state index >= 15 is 0 Å². The van der Waals surface area contributed by atoms with E-state index in [1.165, 1.54) is 19.1 Å². The smallest absolute Gasteiger partial charge is 0.274 e. The maximum Gasteiger partial charge on any atom is 0.274 e. The Morgan fingerprint density at radius 2 is 1.57 bits per heavy atom. The van der Waals surface area contributed by atoms with Gasteiger partial charge < -0.3 is 16.0 Å². The van der Waals surface area contributed by atoms with E-state index in [2.05, 4.69) is 25.9 Å². The number of hydrogen-bond donors (Lipinski definition) is 3. The number of carbonyl (C=O) groups is 2. The van der Waals surface area contributed by atoms with Crippen LogP contribution in [-0.2, 0) is 4.79 Å². The molecule has 0 aliphatic carbocycles. The highest BCUT2D eigenvalue weighted by Crippen LogP contribution is 2.17. The van der Waals surface area contributed by atoms with Crippen LogP contribution in [0.5, 0.6) is 0 Å². The highest BCUT2D eigenvalue weighted by molar-refractivity contribution is 6.03. The van der Waals surface area contributed by atoms with Gasteiger partial charge in [-0.15, -0.1) is 0 Å². The first-order valence-corrected chi connectivity index (χ1v) is 8.46. The van der Waals surface area contributed by atoms with Gasteiger partial charge in [0, 0.05) is 29.7 Å². The monoisotopic (exact) mass is 379 g/mol. The van der Waals surface area contributed by atoms with Crippen LogP contribution in [0.2, 0.25) is 0 Å². The minimum absolute atomic E-state index is 0.164. The summed E-state index contributed by atoms with van der Waals surface area (Å²) in [7, 11) is 0. The summed E-state index contributed by atoms with van der Waals surface area (Å²) in [6.45, 7) is 3.15. The lowest BCUT2D eigenvalue weighted by Crippen LogP contribution is -2.15. The molecule has 142 valence electrons. The zero-order chi connectivity index (χ0) is 20.1. The zero-order valence-electron chi connectivity index (χ0n) is 15.3. The van der Waals surface area contributed by atoms with Gasteiger partial charge in [-0.2, -0.15) is 0 Å². The summed E-state index contributed by atoms with van der Waals surface area (Å²) in [5.41, 5.74) is 2.41. The molecule has 28 heavy (non-hydrogen) atoms. The molecule has 2 amide bonds. The molecule has 0 spiro atoms. The lowest BCUT2D eigenvalue weighted by Gasteiger charge is -2.09. The molecule has 3 rings (SSSR count). The standard InChI is InChI=1S/C20H18FN5O2/c1-12-10-18(26-20(22-12)25-17-5-3-4-14(21)11-17)19(28)24-16-8-6-15(7-9-16)23-13(2)27/h3-11H,1-2H3,(H,23,27)(H,24,28)(H,22,25,26). The number of nitrogens with zero attached hydrogens (tertiary/aromatic N) is 2. The molecule has 0 unspecified atom stereocenters. The molecule has 0 aliphatic rings. The van der Waals surface area contributed by atoms with Crippen LogP contribution in [0, 0.1) is 12.7 Å². The van der Waals surface area contributed by atoms with Crippen LogP contribution < -0.4 is 16.0 Å². The zero-order valence-corrected chi connectivity index (χ0v) is 15.3. The van der Waals surface area contributed by atoms with Crippen LogP contribution in [0.1, 0.15) is 23.1 Å². The van der Waals surface area contributed by atoms with Crippen molar-refractivity contribution in [2.75, 3.05) is 16.0 Å². The number of rotatable bonds is 5. The van der Waals surface area contributed by atoms with E-state index in [9.17, 15) is 14.0 Å². The molecule has 0 atom stereocenters. The van der Waals surface area contributed by atoms with Gasteiger partial charge in [0.2, 0.25) is 11.9 Å². The van der Waals surface area contributed by atoms with E-state index in [1.54, 1.807) is 49.4 Å². The fraction of sp³-hybridized carbons (Fsp3) is 0.100. The van der Waals surface area contributed by atoms with E-state index in [0.717, 1.165) is 0 Å². The van der Waals surface area contributed by atoms with Gasteiger partial charge in [0.15, 0.2) is 0 Å². The summed E-state index contributed by atoms with van der Waals surface area (Å²) < 4.78 is 13.3. The van der Waals surface area contributed by atoms with Crippen LogP contribution in [-0.4, -0.2) is 21.8 Å². The van der Waals surface area contributed by atoms with Gasteiger partial charge in [-0.3, -0.25) is 9.59 Å². The van der Waals surface area contributed by atoms with Gasteiger partial charge in [-0.05, 0) is 55.5 Å². The van der Waals surface area contributed by atoms with Gasteiger partial charge in [0.05, 0.1) is 0 Å². The number of benzene rings is 2. The minimum atomic E-state index is -0.417. The summed E-state index contributed by atoms with van der Waals surface area (Å²) in [4.78, 5) is 32.0. The maximum atomic E-state index is 13.3. The molecule has 8 heteroatoms. The second-order valence-corrected chi connectivity index (χ2v) is 6.07. The highest BCUT2D eigenvalue weighted by atomic mass is 19.1. The van der Waals surface area contributed by atoms with Crippen molar-refractivity contribution >= 4 is 34.8 Å². The normalized spacial score (nSPS) is 10.2. The summed E-state index contributed by atoms with van der Waals surface area (Å²) in [6.07, 6.45) is 0. The molecule has 0 fully saturated rings. The van der Waals surface area contributed by atoms with E-state index < -0.39 is 11.7 Å². The number of aryl methyl sites for hydroxylation is 1. The van der Waals surface area contributed by atoms with Crippen molar-refractivity contribution in [1.29, 1.82) is 0 Å². The number of halogens is 1. The molecule has 1 aromatic heterocycles. The molecule has 3 aromatic rings. The summed E-state index contributed by atoms with van der Waals surface area (Å²) in [5.74, 6) is -0.790. The number of carbonyl (C=O) groups excluding carboxylic acids is 2. The highest BCUT2D eigenvalue weighted by Gasteiger charge is 2.12. The SMILES string of the molecule is CC(=O)Nc1ccc(NC(=O)c2cc(C)nc(Nc3cccc(F)c3)n2)cc1. The molecule has 2 aromatic carbocycles. The van der Waals surface area contributed by atoms with Crippen LogP contribution in [0.25, 0.3) is 0 Å². The third kappa shape index (κ3) is 5.10. The van der Waals surface area contributed by atoms with Crippen molar-refractivity contribution in [1.82, 2.24) is 9.97 Å². The van der Waals surface area contributed by atoms with Gasteiger partial charge in [-0.1, -0.05) is 6.07 Å². The third-order valence-electron chi connectivity index (χ3n) is 3.63. The van der Waals surface area contributed by atoms with Gasteiger partial charge in [0.1, 0.15) is 11.5 Å². The van der Waals surface area contributed by atoms with E-state index in [4.69, 9.17) is 0 Å². The van der Waals surface area contributed by atoms with Crippen LogP contribution >= 0.6 is 0 Å². The molecular formula is C20H18FN5O2. The molecule has 0 saturated carbocycles. The molecule has 3 N–H and O–H groups in total. The molecule has 7 nitrogen and oxygen atoms in total. The van der Waals surface area contributed by atoms with Crippen molar-refractivity contribution in [3.8, 4) is 0 Å². The van der Waals surface area contributed by atoms with Gasteiger partial charge >= 0.3 is 0 Å². The first kappa shape index (κ1) is 19.0. The Morgan fingerprint density at radius 3 is 2.21 bits per heavy atom. The van der Waals surface area contributed by atoms with Gasteiger partial charge in [0.25, 0.3) is 5.91 Å². The number of amides is 2. The second kappa shape index (κ2) is 8.26. The van der Waals surface area contributed by atoms with Crippen LogP contribution in [0.3, 0.4) is 0 Å². The second-order valence-electron chi connectivity index (χ2n) is 6.07. The minimum Gasteiger partial charge on any atom is -0.326 e. The van der Waals surface area contributed by atoms with E-state index in [-0.39, 0.29) is 17.5 Å². The number of anilines is 4. The third-order valence-corrected chi connectivity index (χ3v) is 3.63. The Hall–Kier alpha value is -3.81. The lowest BCUT2D eigenvalue weighted by molar-refractivity contribution is -0.114. The first-order valence-electron chi connectivity index (χ1n) is 8.46. The van der Waals surface area contributed by atoms with E-state index in [1.807, 2.05) is 0 Å². The first-order chi connectivity index (χ1) is 13.4. The maximum absolute atomic E-state index is 13.3. The Bertz CT molecular complexity index is 1020. The molecule has 0 saturated heterocycles. The molecule has 0 radical (unpaired) electrons. The predicted octanol–water partition coefficient (Wildman–Crippen LogP) is 3.88. The van der Waals surface area contributed by atoms with Crippen LogP contribution in [0.4, 0.5) is 27.4 Å². The molecule has 0 bridgehead atoms. The topological polar surface area (TPSA) is 96.0 Å². The molecule has 1 heterocycles. The molecular weight excluding hydrogens is 361 g/mol. The average Bonchev–Trinajstić information content (AvgIpc) is 2.62. The fourth-order valence-corrected chi connectivity index (χ4v) is 2.47. The van der Waals surface area contributed by atoms with Crippen molar-refractivity contribution in [2.24, 2.45) is 0 Å². The largest absolute Gasteiger partial charge is 0.326 e. The number of hydrogen-bond acceptors (Lipinski definition) is 5. The van der Waals surface area contributed by atoms with Crippen molar-refractivity contribution in [2.45, 2.75) is 13.8 Å². The molecule has 0 aliphatic heterocycles. The summed E-state index contributed by atoms with van der Waals surface area (Å²) in [6, 6.07) is 14.1. The quantitative estimate of drug-likeness (QED) is 0.625. The average molecular weight is 379 g/mol. The summed E-state index contributed by atoms with van der Waals surface area (Å²) in [5, 5.41) is 8.28. The van der Waals surface area contributed by atoms with E-state index in [0.29, 0.717) is 22.8 Å². The Balaban J connectivity index is 1.74. The van der Waals surface area contributed by atoms with Crippen molar-refractivity contribution < 1.29 is 14.0 Å².